The van der Waals surface area contributed by atoms with Crippen molar-refractivity contribution >= 4 is 5.69 Å². The number of nitrogens with two attached hydrogens (primary N) is 1. The molecule has 2 aromatic carbocycles. The van der Waals surface area contributed by atoms with Gasteiger partial charge in [0.15, 0.2) is 11.6 Å². The summed E-state index contributed by atoms with van der Waals surface area (Å²) in [5, 5.41) is 11.1. The Balaban J connectivity index is 2.39. The third-order valence-electron chi connectivity index (χ3n) is 3.08. The van der Waals surface area contributed by atoms with Crippen LogP contribution in [0.1, 0.15) is 24.1 Å². The Morgan fingerprint density at radius 2 is 2.00 bits per heavy atom. The summed E-state index contributed by atoms with van der Waals surface area (Å²) < 4.78 is 19.3. The van der Waals surface area contributed by atoms with Gasteiger partial charge in [0.2, 0.25) is 5.75 Å². The van der Waals surface area contributed by atoms with E-state index in [4.69, 9.17) is 10.5 Å². The summed E-state index contributed by atoms with van der Waals surface area (Å²) in [6.07, 6.45) is 0. The quantitative estimate of drug-likeness (QED) is 0.685. The lowest BCUT2D eigenvalue weighted by Gasteiger charge is -2.11. The molecule has 110 valence electrons. The van der Waals surface area contributed by atoms with Crippen LogP contribution in [-0.4, -0.2) is 4.92 Å². The molecule has 0 aliphatic carbocycles. The summed E-state index contributed by atoms with van der Waals surface area (Å²) in [6, 6.07) is 8.66. The molecule has 0 saturated heterocycles. The number of nitro groups is 1. The van der Waals surface area contributed by atoms with Crippen molar-refractivity contribution in [3.05, 3.63) is 63.5 Å². The molecule has 0 bridgehead atoms. The molecule has 0 heterocycles. The van der Waals surface area contributed by atoms with Crippen LogP contribution in [0.5, 0.6) is 11.5 Å². The summed E-state index contributed by atoms with van der Waals surface area (Å²) in [5.41, 5.74) is 6.57. The summed E-state index contributed by atoms with van der Waals surface area (Å²) in [7, 11) is 0. The SMILES string of the molecule is Cc1cccc(Oc2ccc([C@@H](C)N)cc2F)c1[N+](=O)[O-]. The maximum Gasteiger partial charge on any atom is 0.314 e. The second-order valence-electron chi connectivity index (χ2n) is 4.76. The van der Waals surface area contributed by atoms with Gasteiger partial charge in [0, 0.05) is 11.6 Å². The molecule has 0 saturated carbocycles. The van der Waals surface area contributed by atoms with Crippen molar-refractivity contribution in [1.82, 2.24) is 0 Å². The van der Waals surface area contributed by atoms with Crippen molar-refractivity contribution in [2.24, 2.45) is 5.73 Å². The highest BCUT2D eigenvalue weighted by Crippen LogP contribution is 2.35. The fourth-order valence-electron chi connectivity index (χ4n) is 1.95. The molecule has 0 unspecified atom stereocenters. The highest BCUT2D eigenvalue weighted by Gasteiger charge is 2.20. The van der Waals surface area contributed by atoms with Gasteiger partial charge in [-0.3, -0.25) is 10.1 Å². The Bertz CT molecular complexity index is 687. The first-order chi connectivity index (χ1) is 9.90. The summed E-state index contributed by atoms with van der Waals surface area (Å²) in [6.45, 7) is 3.33. The third-order valence-corrected chi connectivity index (χ3v) is 3.08. The summed E-state index contributed by atoms with van der Waals surface area (Å²) in [4.78, 5) is 10.5. The van der Waals surface area contributed by atoms with Gasteiger partial charge in [-0.05, 0) is 37.6 Å². The molecule has 21 heavy (non-hydrogen) atoms. The number of hydrogen-bond donors (Lipinski definition) is 1. The number of nitrogens with zero attached hydrogens (tertiary/aromatic N) is 1. The molecule has 2 aromatic rings. The van der Waals surface area contributed by atoms with Crippen LogP contribution in [0.25, 0.3) is 0 Å². The predicted octanol–water partition coefficient (Wildman–Crippen LogP) is 3.85. The molecule has 2 N–H and O–H groups in total. The molecule has 0 aromatic heterocycles. The van der Waals surface area contributed by atoms with Crippen molar-refractivity contribution in [3.63, 3.8) is 0 Å². The Hall–Kier alpha value is -2.47. The second kappa shape index (κ2) is 5.88. The number of ether oxygens (including phenoxy) is 1. The van der Waals surface area contributed by atoms with Crippen molar-refractivity contribution in [2.75, 3.05) is 0 Å². The van der Waals surface area contributed by atoms with Crippen molar-refractivity contribution in [1.29, 1.82) is 0 Å². The van der Waals surface area contributed by atoms with E-state index >= 15 is 0 Å². The smallest absolute Gasteiger partial charge is 0.314 e. The lowest BCUT2D eigenvalue weighted by molar-refractivity contribution is -0.386. The van der Waals surface area contributed by atoms with E-state index in [1.807, 2.05) is 0 Å². The van der Waals surface area contributed by atoms with Crippen LogP contribution in [0.2, 0.25) is 0 Å². The average Bonchev–Trinajstić information content (AvgIpc) is 2.40. The average molecular weight is 290 g/mol. The first-order valence-electron chi connectivity index (χ1n) is 6.37. The highest BCUT2D eigenvalue weighted by atomic mass is 19.1. The van der Waals surface area contributed by atoms with Crippen molar-refractivity contribution < 1.29 is 14.1 Å². The second-order valence-corrected chi connectivity index (χ2v) is 4.76. The van der Waals surface area contributed by atoms with Crippen LogP contribution in [0.15, 0.2) is 36.4 Å². The number of aryl methyl sites for hydroxylation is 1. The Morgan fingerprint density at radius 1 is 1.29 bits per heavy atom. The molecule has 0 radical (unpaired) electrons. The molecule has 0 aliphatic rings. The Morgan fingerprint density at radius 3 is 2.57 bits per heavy atom. The molecule has 2 rings (SSSR count). The molecule has 5 nitrogen and oxygen atoms in total. The van der Waals surface area contributed by atoms with E-state index in [1.54, 1.807) is 32.0 Å². The van der Waals surface area contributed by atoms with Gasteiger partial charge in [-0.1, -0.05) is 18.2 Å². The number of nitro benzene ring substituents is 1. The third kappa shape index (κ3) is 3.17. The van der Waals surface area contributed by atoms with E-state index in [2.05, 4.69) is 0 Å². The monoisotopic (exact) mass is 290 g/mol. The molecular weight excluding hydrogens is 275 g/mol. The fraction of sp³-hybridized carbons (Fsp3) is 0.200. The van der Waals surface area contributed by atoms with Gasteiger partial charge in [0.25, 0.3) is 0 Å². The summed E-state index contributed by atoms with van der Waals surface area (Å²) >= 11 is 0. The number of hydrogen-bond acceptors (Lipinski definition) is 4. The molecule has 0 fully saturated rings. The van der Waals surface area contributed by atoms with Crippen LogP contribution >= 0.6 is 0 Å². The molecule has 6 heteroatoms. The maximum atomic E-state index is 14.0. The molecule has 0 aliphatic heterocycles. The predicted molar refractivity (Wildman–Crippen MR) is 76.9 cm³/mol. The first kappa shape index (κ1) is 14.9. The van der Waals surface area contributed by atoms with Crippen molar-refractivity contribution in [3.8, 4) is 11.5 Å². The first-order valence-corrected chi connectivity index (χ1v) is 6.37. The van der Waals surface area contributed by atoms with Gasteiger partial charge < -0.3 is 10.5 Å². The molecular formula is C15H15FN2O3. The zero-order valence-corrected chi connectivity index (χ0v) is 11.7. The van der Waals surface area contributed by atoms with E-state index in [0.29, 0.717) is 11.1 Å². The lowest BCUT2D eigenvalue weighted by Crippen LogP contribution is -2.05. The Kier molecular flexibility index (Phi) is 4.18. The standard InChI is InChI=1S/C15H15FN2O3/c1-9-4-3-5-14(15(9)18(19)20)21-13-7-6-11(10(2)17)8-12(13)16/h3-8,10H,17H2,1-2H3/t10-/m1/s1. The Labute approximate surface area is 121 Å². The minimum atomic E-state index is -0.611. The molecule has 0 amide bonds. The van der Waals surface area contributed by atoms with E-state index < -0.39 is 10.7 Å². The number of rotatable bonds is 4. The van der Waals surface area contributed by atoms with Crippen LogP contribution < -0.4 is 10.5 Å². The normalized spacial score (nSPS) is 12.0. The van der Waals surface area contributed by atoms with Crippen LogP contribution in [0.3, 0.4) is 0 Å². The number of halogens is 1. The van der Waals surface area contributed by atoms with Gasteiger partial charge >= 0.3 is 5.69 Å². The van der Waals surface area contributed by atoms with E-state index in [1.165, 1.54) is 18.2 Å². The lowest BCUT2D eigenvalue weighted by atomic mass is 10.1. The van der Waals surface area contributed by atoms with E-state index in [-0.39, 0.29) is 23.2 Å². The van der Waals surface area contributed by atoms with Gasteiger partial charge in [0.1, 0.15) is 0 Å². The highest BCUT2D eigenvalue weighted by molar-refractivity contribution is 5.53. The fourth-order valence-corrected chi connectivity index (χ4v) is 1.95. The molecule has 1 atom stereocenters. The zero-order chi connectivity index (χ0) is 15.6. The van der Waals surface area contributed by atoms with E-state index in [9.17, 15) is 14.5 Å². The van der Waals surface area contributed by atoms with Crippen LogP contribution in [0, 0.1) is 22.9 Å². The van der Waals surface area contributed by atoms with Gasteiger partial charge in [-0.25, -0.2) is 4.39 Å². The largest absolute Gasteiger partial charge is 0.447 e. The van der Waals surface area contributed by atoms with Gasteiger partial charge in [-0.15, -0.1) is 0 Å². The maximum absolute atomic E-state index is 14.0. The minimum absolute atomic E-state index is 0.00690. The van der Waals surface area contributed by atoms with Gasteiger partial charge in [-0.2, -0.15) is 0 Å². The minimum Gasteiger partial charge on any atom is -0.447 e. The van der Waals surface area contributed by atoms with Gasteiger partial charge in [0.05, 0.1) is 4.92 Å². The summed E-state index contributed by atoms with van der Waals surface area (Å²) in [5.74, 6) is -0.679. The van der Waals surface area contributed by atoms with Crippen LogP contribution in [0.4, 0.5) is 10.1 Å². The van der Waals surface area contributed by atoms with Crippen LogP contribution in [-0.2, 0) is 0 Å². The van der Waals surface area contributed by atoms with E-state index in [0.717, 1.165) is 0 Å². The number of benzene rings is 2. The van der Waals surface area contributed by atoms with Crippen molar-refractivity contribution in [2.45, 2.75) is 19.9 Å². The topological polar surface area (TPSA) is 78.4 Å². The number of para-hydroxylation sites is 1. The molecule has 0 spiro atoms. The zero-order valence-electron chi connectivity index (χ0n) is 11.7.